The standard InChI is InChI=1S/C22H19Cl2NO3/c1-14-2-4-15(5-3-14)13-28-21-9-7-18(23)10-17(21)12-25-20-11-16(22(26)27)6-8-19(20)24/h2-11,25H,12-13H2,1H3,(H,26,27). The van der Waals surface area contributed by atoms with Crippen LogP contribution in [0.15, 0.2) is 60.7 Å². The van der Waals surface area contributed by atoms with Crippen LogP contribution >= 0.6 is 23.2 Å². The maximum Gasteiger partial charge on any atom is 0.335 e. The van der Waals surface area contributed by atoms with Crippen molar-refractivity contribution in [3.63, 3.8) is 0 Å². The minimum Gasteiger partial charge on any atom is -0.489 e. The second-order valence-electron chi connectivity index (χ2n) is 6.38. The molecule has 0 aliphatic heterocycles. The van der Waals surface area contributed by atoms with Crippen LogP contribution in [0.25, 0.3) is 0 Å². The highest BCUT2D eigenvalue weighted by atomic mass is 35.5. The summed E-state index contributed by atoms with van der Waals surface area (Å²) in [6.45, 7) is 2.86. The van der Waals surface area contributed by atoms with Crippen LogP contribution in [0.5, 0.6) is 5.75 Å². The molecule has 3 rings (SSSR count). The van der Waals surface area contributed by atoms with E-state index >= 15 is 0 Å². The summed E-state index contributed by atoms with van der Waals surface area (Å²) >= 11 is 12.3. The molecular weight excluding hydrogens is 397 g/mol. The van der Waals surface area contributed by atoms with Crippen molar-refractivity contribution in [2.45, 2.75) is 20.1 Å². The molecule has 0 atom stereocenters. The molecule has 0 fully saturated rings. The number of anilines is 1. The number of benzene rings is 3. The molecule has 0 saturated heterocycles. The molecule has 0 aliphatic carbocycles. The van der Waals surface area contributed by atoms with Crippen LogP contribution in [-0.2, 0) is 13.2 Å². The van der Waals surface area contributed by atoms with Crippen molar-refractivity contribution in [2.24, 2.45) is 0 Å². The number of rotatable bonds is 7. The summed E-state index contributed by atoms with van der Waals surface area (Å²) < 4.78 is 5.97. The van der Waals surface area contributed by atoms with Crippen LogP contribution in [-0.4, -0.2) is 11.1 Å². The molecule has 0 bridgehead atoms. The number of hydrogen-bond acceptors (Lipinski definition) is 3. The highest BCUT2D eigenvalue weighted by Crippen LogP contribution is 2.28. The van der Waals surface area contributed by atoms with Crippen molar-refractivity contribution in [3.8, 4) is 5.75 Å². The molecule has 0 saturated carbocycles. The first kappa shape index (κ1) is 20.1. The Hall–Kier alpha value is -2.69. The lowest BCUT2D eigenvalue weighted by molar-refractivity contribution is 0.0697. The zero-order valence-electron chi connectivity index (χ0n) is 15.2. The fraction of sp³-hybridized carbons (Fsp3) is 0.136. The van der Waals surface area contributed by atoms with E-state index in [1.54, 1.807) is 12.1 Å². The Bertz CT molecular complexity index is 988. The Morgan fingerprint density at radius 1 is 1.04 bits per heavy atom. The van der Waals surface area contributed by atoms with Gasteiger partial charge in [0.05, 0.1) is 16.3 Å². The van der Waals surface area contributed by atoms with Crippen molar-refractivity contribution < 1.29 is 14.6 Å². The van der Waals surface area contributed by atoms with Crippen LogP contribution < -0.4 is 10.1 Å². The molecule has 2 N–H and O–H groups in total. The van der Waals surface area contributed by atoms with Crippen molar-refractivity contribution in [2.75, 3.05) is 5.32 Å². The SMILES string of the molecule is Cc1ccc(COc2ccc(Cl)cc2CNc2cc(C(=O)O)ccc2Cl)cc1. The average Bonchev–Trinajstić information content (AvgIpc) is 2.67. The third-order valence-electron chi connectivity index (χ3n) is 4.22. The van der Waals surface area contributed by atoms with E-state index in [1.165, 1.54) is 17.7 Å². The second-order valence-corrected chi connectivity index (χ2v) is 7.22. The van der Waals surface area contributed by atoms with Gasteiger partial charge in [-0.2, -0.15) is 0 Å². The minimum atomic E-state index is -1.01. The summed E-state index contributed by atoms with van der Waals surface area (Å²) in [5.41, 5.74) is 3.80. The summed E-state index contributed by atoms with van der Waals surface area (Å²) in [6, 6.07) is 18.1. The number of carbonyl (C=O) groups is 1. The van der Waals surface area contributed by atoms with Gasteiger partial charge in [-0.15, -0.1) is 0 Å². The van der Waals surface area contributed by atoms with E-state index in [-0.39, 0.29) is 5.56 Å². The van der Waals surface area contributed by atoms with E-state index in [2.05, 4.69) is 5.32 Å². The number of carboxylic acid groups (broad SMARTS) is 1. The van der Waals surface area contributed by atoms with Gasteiger partial charge in [0.2, 0.25) is 0 Å². The summed E-state index contributed by atoms with van der Waals surface area (Å²) in [4.78, 5) is 11.2. The molecule has 3 aromatic rings. The van der Waals surface area contributed by atoms with Crippen LogP contribution in [0.3, 0.4) is 0 Å². The average molecular weight is 416 g/mol. The molecule has 0 amide bonds. The zero-order chi connectivity index (χ0) is 20.1. The number of carboxylic acids is 1. The largest absolute Gasteiger partial charge is 0.489 e. The third kappa shape index (κ3) is 5.18. The molecule has 6 heteroatoms. The van der Waals surface area contributed by atoms with Crippen molar-refractivity contribution in [3.05, 3.63) is 93.0 Å². The van der Waals surface area contributed by atoms with Gasteiger partial charge in [0, 0.05) is 17.1 Å². The molecule has 0 radical (unpaired) electrons. The highest BCUT2D eigenvalue weighted by Gasteiger charge is 2.10. The quantitative estimate of drug-likeness (QED) is 0.482. The van der Waals surface area contributed by atoms with Crippen molar-refractivity contribution >= 4 is 34.9 Å². The Labute approximate surface area is 173 Å². The number of aromatic carboxylic acids is 1. The van der Waals surface area contributed by atoms with Gasteiger partial charge in [-0.05, 0) is 48.9 Å². The molecule has 0 heterocycles. The monoisotopic (exact) mass is 415 g/mol. The molecule has 0 unspecified atom stereocenters. The highest BCUT2D eigenvalue weighted by molar-refractivity contribution is 6.33. The predicted molar refractivity (Wildman–Crippen MR) is 113 cm³/mol. The van der Waals surface area contributed by atoms with Gasteiger partial charge in [-0.3, -0.25) is 0 Å². The Morgan fingerprint density at radius 3 is 2.50 bits per heavy atom. The first-order valence-corrected chi connectivity index (χ1v) is 9.41. The summed E-state index contributed by atoms with van der Waals surface area (Å²) in [5.74, 6) is -0.312. The van der Waals surface area contributed by atoms with Gasteiger partial charge in [0.15, 0.2) is 0 Å². The van der Waals surface area contributed by atoms with Gasteiger partial charge in [-0.1, -0.05) is 53.0 Å². The first-order valence-electron chi connectivity index (χ1n) is 8.66. The Morgan fingerprint density at radius 2 is 1.79 bits per heavy atom. The lowest BCUT2D eigenvalue weighted by atomic mass is 10.1. The lowest BCUT2D eigenvalue weighted by Gasteiger charge is -2.14. The summed E-state index contributed by atoms with van der Waals surface area (Å²) in [6.07, 6.45) is 0. The molecule has 4 nitrogen and oxygen atoms in total. The normalized spacial score (nSPS) is 10.5. The van der Waals surface area contributed by atoms with Crippen LogP contribution in [0.4, 0.5) is 5.69 Å². The number of aryl methyl sites for hydroxylation is 1. The minimum absolute atomic E-state index is 0.161. The van der Waals surface area contributed by atoms with E-state index in [0.29, 0.717) is 34.6 Å². The van der Waals surface area contributed by atoms with Gasteiger partial charge in [0.1, 0.15) is 12.4 Å². The van der Waals surface area contributed by atoms with E-state index in [9.17, 15) is 4.79 Å². The van der Waals surface area contributed by atoms with E-state index in [0.717, 1.165) is 11.1 Å². The molecular formula is C22H19Cl2NO3. The van der Waals surface area contributed by atoms with Crippen LogP contribution in [0.1, 0.15) is 27.0 Å². The smallest absolute Gasteiger partial charge is 0.335 e. The van der Waals surface area contributed by atoms with E-state index < -0.39 is 5.97 Å². The zero-order valence-corrected chi connectivity index (χ0v) is 16.7. The van der Waals surface area contributed by atoms with Crippen molar-refractivity contribution in [1.29, 1.82) is 0 Å². The maximum atomic E-state index is 11.2. The van der Waals surface area contributed by atoms with Gasteiger partial charge in [0.25, 0.3) is 0 Å². The Kier molecular flexibility index (Phi) is 6.45. The summed E-state index contributed by atoms with van der Waals surface area (Å²) in [5, 5.41) is 13.3. The Balaban J connectivity index is 1.75. The van der Waals surface area contributed by atoms with Crippen LogP contribution in [0.2, 0.25) is 10.0 Å². The third-order valence-corrected chi connectivity index (χ3v) is 4.78. The fourth-order valence-electron chi connectivity index (χ4n) is 2.66. The van der Waals surface area contributed by atoms with E-state index in [1.807, 2.05) is 43.3 Å². The number of ether oxygens (including phenoxy) is 1. The summed E-state index contributed by atoms with van der Waals surface area (Å²) in [7, 11) is 0. The first-order chi connectivity index (χ1) is 13.4. The number of nitrogens with one attached hydrogen (secondary N) is 1. The number of hydrogen-bond donors (Lipinski definition) is 2. The molecule has 28 heavy (non-hydrogen) atoms. The topological polar surface area (TPSA) is 58.6 Å². The molecule has 144 valence electrons. The van der Waals surface area contributed by atoms with Gasteiger partial charge >= 0.3 is 5.97 Å². The lowest BCUT2D eigenvalue weighted by Crippen LogP contribution is -2.05. The van der Waals surface area contributed by atoms with Gasteiger partial charge < -0.3 is 15.2 Å². The number of halogens is 2. The van der Waals surface area contributed by atoms with Crippen LogP contribution in [0, 0.1) is 6.92 Å². The second kappa shape index (κ2) is 9.00. The predicted octanol–water partition coefficient (Wildman–Crippen LogP) is 6.19. The molecule has 0 aliphatic rings. The van der Waals surface area contributed by atoms with Crippen molar-refractivity contribution in [1.82, 2.24) is 0 Å². The van der Waals surface area contributed by atoms with Gasteiger partial charge in [-0.25, -0.2) is 4.79 Å². The fourth-order valence-corrected chi connectivity index (χ4v) is 3.04. The van der Waals surface area contributed by atoms with E-state index in [4.69, 9.17) is 33.0 Å². The molecule has 0 spiro atoms. The maximum absolute atomic E-state index is 11.2. The molecule has 3 aromatic carbocycles. The molecule has 0 aromatic heterocycles.